The molecular formula is C29H26N2O4S. The van der Waals surface area contributed by atoms with E-state index in [-0.39, 0.29) is 22.3 Å². The molecule has 1 unspecified atom stereocenters. The van der Waals surface area contributed by atoms with E-state index in [2.05, 4.69) is 10.6 Å². The topological polar surface area (TPSA) is 95.5 Å². The third-order valence-corrected chi connectivity index (χ3v) is 7.02. The number of nitrogens with one attached hydrogen (secondary N) is 2. The Morgan fingerprint density at radius 2 is 1.44 bits per heavy atom. The van der Waals surface area contributed by atoms with Crippen molar-refractivity contribution in [2.24, 2.45) is 0 Å². The maximum Gasteiger partial charge on any atom is 0.336 e. The highest BCUT2D eigenvalue weighted by atomic mass is 32.2. The molecule has 1 atom stereocenters. The molecule has 0 fully saturated rings. The van der Waals surface area contributed by atoms with Crippen LogP contribution >= 0.6 is 11.8 Å². The zero-order valence-electron chi connectivity index (χ0n) is 20.2. The second-order valence-corrected chi connectivity index (χ2v) is 9.96. The predicted octanol–water partition coefficient (Wildman–Crippen LogP) is 6.53. The standard InChI is InChI=1S/C29H26N2O4S/c1-17-13-14-22(15-18(17)2)30-27(32)19(3)36-23-10-6-9-21(16-23)31-28(33)24-11-4-7-20-8-5-12-25(26(20)24)29(34)35/h4-16,19H,1-3H3,(H,30,32)(H,31,33)(H,34,35). The first-order valence-electron chi connectivity index (χ1n) is 11.4. The van der Waals surface area contributed by atoms with Crippen LogP contribution in [0.3, 0.4) is 0 Å². The van der Waals surface area contributed by atoms with E-state index in [0.717, 1.165) is 21.7 Å². The second-order valence-electron chi connectivity index (χ2n) is 8.54. The summed E-state index contributed by atoms with van der Waals surface area (Å²) in [6.45, 7) is 5.86. The van der Waals surface area contributed by atoms with Gasteiger partial charge in [-0.25, -0.2) is 4.79 Å². The first kappa shape index (κ1) is 25.0. The molecule has 7 heteroatoms. The van der Waals surface area contributed by atoms with Crippen molar-refractivity contribution in [3.05, 3.63) is 101 Å². The van der Waals surface area contributed by atoms with Gasteiger partial charge in [-0.05, 0) is 79.7 Å². The molecule has 4 rings (SSSR count). The maximum absolute atomic E-state index is 13.1. The van der Waals surface area contributed by atoms with Crippen molar-refractivity contribution >= 4 is 51.7 Å². The maximum atomic E-state index is 13.1. The van der Waals surface area contributed by atoms with Gasteiger partial charge in [-0.2, -0.15) is 0 Å². The summed E-state index contributed by atoms with van der Waals surface area (Å²) >= 11 is 1.38. The third kappa shape index (κ3) is 5.58. The van der Waals surface area contributed by atoms with Gasteiger partial charge < -0.3 is 15.7 Å². The van der Waals surface area contributed by atoms with Crippen LogP contribution in [-0.2, 0) is 4.79 Å². The van der Waals surface area contributed by atoms with Gasteiger partial charge in [-0.1, -0.05) is 36.4 Å². The van der Waals surface area contributed by atoms with E-state index in [1.54, 1.807) is 48.5 Å². The Morgan fingerprint density at radius 3 is 2.14 bits per heavy atom. The van der Waals surface area contributed by atoms with Gasteiger partial charge in [0.05, 0.1) is 10.8 Å². The van der Waals surface area contributed by atoms with Crippen LogP contribution in [0, 0.1) is 13.8 Å². The SMILES string of the molecule is Cc1ccc(NC(=O)C(C)Sc2cccc(NC(=O)c3cccc4cccc(C(=O)O)c34)c2)cc1C. The Kier molecular flexibility index (Phi) is 7.41. The van der Waals surface area contributed by atoms with Gasteiger partial charge in [0.2, 0.25) is 5.91 Å². The number of carboxylic acids is 1. The molecule has 36 heavy (non-hydrogen) atoms. The van der Waals surface area contributed by atoms with E-state index in [4.69, 9.17) is 0 Å². The van der Waals surface area contributed by atoms with Crippen molar-refractivity contribution in [1.29, 1.82) is 0 Å². The molecule has 2 amide bonds. The van der Waals surface area contributed by atoms with Gasteiger partial charge in [-0.15, -0.1) is 11.8 Å². The molecule has 0 spiro atoms. The Bertz CT molecular complexity index is 1480. The van der Waals surface area contributed by atoms with Crippen LogP contribution in [0.25, 0.3) is 10.8 Å². The van der Waals surface area contributed by atoms with Crippen LogP contribution in [0.5, 0.6) is 0 Å². The van der Waals surface area contributed by atoms with E-state index in [1.807, 2.05) is 45.0 Å². The summed E-state index contributed by atoms with van der Waals surface area (Å²) in [5, 5.41) is 16.1. The molecule has 0 aliphatic heterocycles. The number of carboxylic acid groups (broad SMARTS) is 1. The molecule has 0 aromatic heterocycles. The summed E-state index contributed by atoms with van der Waals surface area (Å²) in [4.78, 5) is 38.4. The van der Waals surface area contributed by atoms with E-state index >= 15 is 0 Å². The number of amides is 2. The Morgan fingerprint density at radius 1 is 0.778 bits per heavy atom. The van der Waals surface area contributed by atoms with Crippen LogP contribution < -0.4 is 10.6 Å². The molecule has 4 aromatic rings. The predicted molar refractivity (Wildman–Crippen MR) is 145 cm³/mol. The van der Waals surface area contributed by atoms with E-state index in [0.29, 0.717) is 16.5 Å². The van der Waals surface area contributed by atoms with Gasteiger partial charge in [0.1, 0.15) is 0 Å². The first-order chi connectivity index (χ1) is 17.2. The third-order valence-electron chi connectivity index (χ3n) is 5.93. The quantitative estimate of drug-likeness (QED) is 0.252. The number of fused-ring (bicyclic) bond motifs is 1. The van der Waals surface area contributed by atoms with Crippen molar-refractivity contribution in [2.45, 2.75) is 30.9 Å². The van der Waals surface area contributed by atoms with Crippen molar-refractivity contribution in [3.63, 3.8) is 0 Å². The van der Waals surface area contributed by atoms with Crippen LogP contribution in [0.15, 0.2) is 83.8 Å². The summed E-state index contributed by atoms with van der Waals surface area (Å²) < 4.78 is 0. The molecule has 0 aliphatic rings. The number of aromatic carboxylic acids is 1. The van der Waals surface area contributed by atoms with Crippen LogP contribution in [0.1, 0.15) is 38.8 Å². The number of carbonyl (C=O) groups is 3. The Labute approximate surface area is 213 Å². The highest BCUT2D eigenvalue weighted by Gasteiger charge is 2.18. The zero-order chi connectivity index (χ0) is 25.8. The Hall–Kier alpha value is -4.10. The minimum Gasteiger partial charge on any atom is -0.478 e. The lowest BCUT2D eigenvalue weighted by Gasteiger charge is -2.14. The summed E-state index contributed by atoms with van der Waals surface area (Å²) in [7, 11) is 0. The normalized spacial score (nSPS) is 11.6. The highest BCUT2D eigenvalue weighted by Crippen LogP contribution is 2.28. The lowest BCUT2D eigenvalue weighted by atomic mass is 9.98. The van der Waals surface area contributed by atoms with E-state index in [1.165, 1.54) is 17.8 Å². The molecule has 0 aliphatic carbocycles. The average Bonchev–Trinajstić information content (AvgIpc) is 2.85. The lowest BCUT2D eigenvalue weighted by Crippen LogP contribution is -2.22. The number of hydrogen-bond acceptors (Lipinski definition) is 4. The molecule has 6 nitrogen and oxygen atoms in total. The molecule has 0 saturated carbocycles. The summed E-state index contributed by atoms with van der Waals surface area (Å²) in [6, 6.07) is 23.1. The smallest absolute Gasteiger partial charge is 0.336 e. The number of rotatable bonds is 7. The van der Waals surface area contributed by atoms with Gasteiger partial charge in [0, 0.05) is 27.2 Å². The molecule has 182 valence electrons. The minimum atomic E-state index is -1.09. The monoisotopic (exact) mass is 498 g/mol. The zero-order valence-corrected chi connectivity index (χ0v) is 21.0. The van der Waals surface area contributed by atoms with Crippen molar-refractivity contribution in [2.75, 3.05) is 10.6 Å². The fraction of sp³-hybridized carbons (Fsp3) is 0.138. The molecule has 4 aromatic carbocycles. The number of hydrogen-bond donors (Lipinski definition) is 3. The highest BCUT2D eigenvalue weighted by molar-refractivity contribution is 8.00. The van der Waals surface area contributed by atoms with Crippen molar-refractivity contribution in [3.8, 4) is 0 Å². The molecule has 0 heterocycles. The fourth-order valence-electron chi connectivity index (χ4n) is 3.87. The number of anilines is 2. The second kappa shape index (κ2) is 10.7. The minimum absolute atomic E-state index is 0.0752. The Balaban J connectivity index is 1.49. The first-order valence-corrected chi connectivity index (χ1v) is 12.3. The lowest BCUT2D eigenvalue weighted by molar-refractivity contribution is -0.115. The van der Waals surface area contributed by atoms with E-state index in [9.17, 15) is 19.5 Å². The van der Waals surface area contributed by atoms with Crippen molar-refractivity contribution in [1.82, 2.24) is 0 Å². The molecule has 0 radical (unpaired) electrons. The van der Waals surface area contributed by atoms with Gasteiger partial charge in [0.15, 0.2) is 0 Å². The molecule has 0 bridgehead atoms. The van der Waals surface area contributed by atoms with Gasteiger partial charge in [0.25, 0.3) is 5.91 Å². The number of benzene rings is 4. The molecular weight excluding hydrogens is 472 g/mol. The summed E-state index contributed by atoms with van der Waals surface area (Å²) in [6.07, 6.45) is 0. The van der Waals surface area contributed by atoms with Gasteiger partial charge in [-0.3, -0.25) is 9.59 Å². The summed E-state index contributed by atoms with van der Waals surface area (Å²) in [5.41, 5.74) is 3.94. The van der Waals surface area contributed by atoms with Gasteiger partial charge >= 0.3 is 5.97 Å². The van der Waals surface area contributed by atoms with E-state index < -0.39 is 11.9 Å². The number of aryl methyl sites for hydroxylation is 2. The fourth-order valence-corrected chi connectivity index (χ4v) is 4.80. The number of carbonyl (C=O) groups excluding carboxylic acids is 2. The largest absolute Gasteiger partial charge is 0.478 e. The van der Waals surface area contributed by atoms with Crippen molar-refractivity contribution < 1.29 is 19.5 Å². The average molecular weight is 499 g/mol. The molecule has 3 N–H and O–H groups in total. The molecule has 0 saturated heterocycles. The summed E-state index contributed by atoms with van der Waals surface area (Å²) in [5.74, 6) is -1.61. The van der Waals surface area contributed by atoms with Crippen LogP contribution in [-0.4, -0.2) is 28.1 Å². The van der Waals surface area contributed by atoms with Crippen LogP contribution in [0.2, 0.25) is 0 Å². The number of thioether (sulfide) groups is 1. The van der Waals surface area contributed by atoms with Crippen LogP contribution in [0.4, 0.5) is 11.4 Å².